The van der Waals surface area contributed by atoms with E-state index in [9.17, 15) is 9.18 Å². The molecule has 18 heavy (non-hydrogen) atoms. The molecular formula is C13H18ClFN2O. The molecule has 0 radical (unpaired) electrons. The highest BCUT2D eigenvalue weighted by atomic mass is 35.5. The lowest BCUT2D eigenvalue weighted by Crippen LogP contribution is -2.37. The zero-order valence-corrected chi connectivity index (χ0v) is 11.4. The van der Waals surface area contributed by atoms with E-state index in [0.29, 0.717) is 5.69 Å². The monoisotopic (exact) mass is 272 g/mol. The summed E-state index contributed by atoms with van der Waals surface area (Å²) in [5, 5.41) is 6.05. The van der Waals surface area contributed by atoms with Gasteiger partial charge in [-0.2, -0.15) is 0 Å². The smallest absolute Gasteiger partial charge is 0.239 e. The van der Waals surface area contributed by atoms with Crippen LogP contribution in [0.3, 0.4) is 0 Å². The summed E-state index contributed by atoms with van der Waals surface area (Å²) < 4.78 is 12.8. The summed E-state index contributed by atoms with van der Waals surface area (Å²) in [6.07, 6.45) is 1.80. The van der Waals surface area contributed by atoms with E-state index in [0.717, 1.165) is 12.8 Å². The van der Waals surface area contributed by atoms with E-state index in [2.05, 4.69) is 10.6 Å². The number of rotatable bonds is 6. The molecule has 100 valence electrons. The summed E-state index contributed by atoms with van der Waals surface area (Å²) in [5.41, 5.74) is 0.553. The second kappa shape index (κ2) is 7.21. The summed E-state index contributed by atoms with van der Waals surface area (Å²) in [6, 6.07) is 4.22. The van der Waals surface area contributed by atoms with Crippen molar-refractivity contribution < 1.29 is 9.18 Å². The fraction of sp³-hybridized carbons (Fsp3) is 0.462. The number of carbonyl (C=O) groups is 1. The molecule has 0 aliphatic carbocycles. The van der Waals surface area contributed by atoms with Gasteiger partial charge in [0.05, 0.1) is 17.3 Å². The van der Waals surface area contributed by atoms with Crippen LogP contribution >= 0.6 is 11.6 Å². The van der Waals surface area contributed by atoms with Crippen molar-refractivity contribution in [2.75, 3.05) is 11.9 Å². The first-order valence-corrected chi connectivity index (χ1v) is 6.42. The van der Waals surface area contributed by atoms with Crippen molar-refractivity contribution in [3.63, 3.8) is 0 Å². The molecule has 2 N–H and O–H groups in total. The van der Waals surface area contributed by atoms with Crippen molar-refractivity contribution in [2.45, 2.75) is 32.7 Å². The van der Waals surface area contributed by atoms with Gasteiger partial charge in [-0.25, -0.2) is 4.39 Å². The van der Waals surface area contributed by atoms with Crippen LogP contribution in [0.2, 0.25) is 5.02 Å². The van der Waals surface area contributed by atoms with Crippen molar-refractivity contribution in [1.82, 2.24) is 5.32 Å². The average Bonchev–Trinajstić information content (AvgIpc) is 2.35. The van der Waals surface area contributed by atoms with E-state index in [4.69, 9.17) is 11.6 Å². The zero-order valence-electron chi connectivity index (χ0n) is 10.6. The number of anilines is 1. The van der Waals surface area contributed by atoms with Crippen LogP contribution in [-0.2, 0) is 4.79 Å². The van der Waals surface area contributed by atoms with Crippen molar-refractivity contribution in [2.24, 2.45) is 0 Å². The van der Waals surface area contributed by atoms with Gasteiger partial charge in [0.25, 0.3) is 0 Å². The Labute approximate surface area is 112 Å². The third kappa shape index (κ3) is 4.53. The summed E-state index contributed by atoms with van der Waals surface area (Å²) >= 11 is 5.84. The topological polar surface area (TPSA) is 41.1 Å². The van der Waals surface area contributed by atoms with Gasteiger partial charge in [0.1, 0.15) is 5.82 Å². The number of carbonyl (C=O) groups excluding carboxylic acids is 1. The van der Waals surface area contributed by atoms with Gasteiger partial charge in [-0.1, -0.05) is 25.4 Å². The molecule has 0 saturated heterocycles. The molecular weight excluding hydrogens is 255 g/mol. The van der Waals surface area contributed by atoms with Crippen LogP contribution in [-0.4, -0.2) is 18.5 Å². The first-order valence-electron chi connectivity index (χ1n) is 6.05. The average molecular weight is 273 g/mol. The minimum absolute atomic E-state index is 0.0934. The first-order chi connectivity index (χ1) is 8.56. The van der Waals surface area contributed by atoms with Gasteiger partial charge in [-0.3, -0.25) is 4.79 Å². The zero-order chi connectivity index (χ0) is 13.5. The number of amides is 1. The van der Waals surface area contributed by atoms with E-state index >= 15 is 0 Å². The number of hydrogen-bond acceptors (Lipinski definition) is 2. The molecule has 1 amide bonds. The predicted molar refractivity (Wildman–Crippen MR) is 72.4 cm³/mol. The Morgan fingerprint density at radius 3 is 2.61 bits per heavy atom. The summed E-state index contributed by atoms with van der Waals surface area (Å²) in [7, 11) is 0. The van der Waals surface area contributed by atoms with E-state index in [-0.39, 0.29) is 23.5 Å². The van der Waals surface area contributed by atoms with Gasteiger partial charge in [-0.05, 0) is 31.0 Å². The van der Waals surface area contributed by atoms with Gasteiger partial charge < -0.3 is 10.6 Å². The normalized spacial score (nSPS) is 10.5. The van der Waals surface area contributed by atoms with Gasteiger partial charge >= 0.3 is 0 Å². The highest BCUT2D eigenvalue weighted by Crippen LogP contribution is 2.21. The van der Waals surface area contributed by atoms with Crippen LogP contribution in [0.1, 0.15) is 26.7 Å². The Hall–Kier alpha value is -1.29. The molecule has 5 heteroatoms. The molecule has 0 aromatic heterocycles. The third-order valence-corrected chi connectivity index (χ3v) is 3.03. The number of hydrogen-bond donors (Lipinski definition) is 2. The largest absolute Gasteiger partial charge is 0.375 e. The standard InChI is InChI=1S/C13H18ClFN2O/c1-3-10(4-2)17-13(18)8-16-12-6-5-9(15)7-11(12)14/h5-7,10,16H,3-4,8H2,1-2H3,(H,17,18). The summed E-state index contributed by atoms with van der Waals surface area (Å²) in [4.78, 5) is 11.6. The van der Waals surface area contributed by atoms with E-state index < -0.39 is 5.82 Å². The lowest BCUT2D eigenvalue weighted by molar-refractivity contribution is -0.120. The SMILES string of the molecule is CCC(CC)NC(=O)CNc1ccc(F)cc1Cl. The molecule has 0 atom stereocenters. The van der Waals surface area contributed by atoms with E-state index in [1.165, 1.54) is 18.2 Å². The van der Waals surface area contributed by atoms with E-state index in [1.54, 1.807) is 0 Å². The Balaban J connectivity index is 2.47. The van der Waals surface area contributed by atoms with Crippen LogP contribution in [0.5, 0.6) is 0 Å². The number of nitrogens with one attached hydrogen (secondary N) is 2. The molecule has 1 rings (SSSR count). The quantitative estimate of drug-likeness (QED) is 0.835. The first kappa shape index (κ1) is 14.8. The molecule has 3 nitrogen and oxygen atoms in total. The van der Waals surface area contributed by atoms with Gasteiger partial charge in [0, 0.05) is 6.04 Å². The third-order valence-electron chi connectivity index (χ3n) is 2.72. The maximum atomic E-state index is 12.8. The highest BCUT2D eigenvalue weighted by molar-refractivity contribution is 6.33. The van der Waals surface area contributed by atoms with Crippen LogP contribution in [0, 0.1) is 5.82 Å². The second-order valence-corrected chi connectivity index (χ2v) is 4.47. The molecule has 1 aromatic rings. The lowest BCUT2D eigenvalue weighted by atomic mass is 10.2. The van der Waals surface area contributed by atoms with Crippen molar-refractivity contribution in [3.8, 4) is 0 Å². The van der Waals surface area contributed by atoms with Gasteiger partial charge in [-0.15, -0.1) is 0 Å². The van der Waals surface area contributed by atoms with Crippen LogP contribution in [0.25, 0.3) is 0 Å². The maximum Gasteiger partial charge on any atom is 0.239 e. The van der Waals surface area contributed by atoms with Crippen molar-refractivity contribution in [1.29, 1.82) is 0 Å². The molecule has 0 unspecified atom stereocenters. The van der Waals surface area contributed by atoms with Crippen LogP contribution in [0.15, 0.2) is 18.2 Å². The molecule has 0 bridgehead atoms. The predicted octanol–water partition coefficient (Wildman–Crippen LogP) is 3.20. The highest BCUT2D eigenvalue weighted by Gasteiger charge is 2.09. The molecule has 0 saturated carbocycles. The Bertz CT molecular complexity index is 408. The fourth-order valence-corrected chi connectivity index (χ4v) is 1.81. The molecule has 0 heterocycles. The van der Waals surface area contributed by atoms with Gasteiger partial charge in [0.2, 0.25) is 5.91 Å². The van der Waals surface area contributed by atoms with Crippen molar-refractivity contribution >= 4 is 23.2 Å². The minimum Gasteiger partial charge on any atom is -0.375 e. The summed E-state index contributed by atoms with van der Waals surface area (Å²) in [5.74, 6) is -0.490. The van der Waals surface area contributed by atoms with E-state index in [1.807, 2.05) is 13.8 Å². The molecule has 0 aliphatic heterocycles. The number of halogens is 2. The summed E-state index contributed by atoms with van der Waals surface area (Å²) in [6.45, 7) is 4.18. The fourth-order valence-electron chi connectivity index (χ4n) is 1.58. The maximum absolute atomic E-state index is 12.8. The molecule has 0 fully saturated rings. The molecule has 0 aliphatic rings. The second-order valence-electron chi connectivity index (χ2n) is 4.06. The van der Waals surface area contributed by atoms with Crippen LogP contribution in [0.4, 0.5) is 10.1 Å². The van der Waals surface area contributed by atoms with Crippen molar-refractivity contribution in [3.05, 3.63) is 29.0 Å². The number of benzene rings is 1. The minimum atomic E-state index is -0.396. The Morgan fingerprint density at radius 2 is 2.06 bits per heavy atom. The lowest BCUT2D eigenvalue weighted by Gasteiger charge is -2.15. The molecule has 0 spiro atoms. The Kier molecular flexibility index (Phi) is 5.92. The Morgan fingerprint density at radius 1 is 1.39 bits per heavy atom. The van der Waals surface area contributed by atoms with Gasteiger partial charge in [0.15, 0.2) is 0 Å². The molecule has 1 aromatic carbocycles. The van der Waals surface area contributed by atoms with Crippen LogP contribution < -0.4 is 10.6 Å².